The third kappa shape index (κ3) is 5.48. The number of fused-ring (bicyclic) bond motifs is 1. The maximum atomic E-state index is 13.5. The molecule has 0 bridgehead atoms. The van der Waals surface area contributed by atoms with E-state index in [9.17, 15) is 14.5 Å². The highest BCUT2D eigenvalue weighted by Crippen LogP contribution is 2.54. The highest BCUT2D eigenvalue weighted by molar-refractivity contribution is 6.31. The Bertz CT molecular complexity index is 1210. The van der Waals surface area contributed by atoms with Gasteiger partial charge in [0.05, 0.1) is 27.5 Å². The van der Waals surface area contributed by atoms with Crippen molar-refractivity contribution in [1.29, 1.82) is 0 Å². The molecule has 2 saturated carbocycles. The van der Waals surface area contributed by atoms with E-state index < -0.39 is 10.7 Å². The first kappa shape index (κ1) is 25.1. The molecule has 35 heavy (non-hydrogen) atoms. The number of hydrogen-bond acceptors (Lipinski definition) is 6. The lowest BCUT2D eigenvalue weighted by atomic mass is 9.56. The Morgan fingerprint density at radius 3 is 2.60 bits per heavy atom. The molecule has 2 aromatic carbocycles. The summed E-state index contributed by atoms with van der Waals surface area (Å²) in [6, 6.07) is 7.18. The van der Waals surface area contributed by atoms with Crippen LogP contribution in [-0.4, -0.2) is 21.5 Å². The molecule has 2 aliphatic carbocycles. The fourth-order valence-electron chi connectivity index (χ4n) is 5.34. The second-order valence-corrected chi connectivity index (χ2v) is 9.62. The summed E-state index contributed by atoms with van der Waals surface area (Å²) in [5, 5.41) is 15.3. The molecular weight excluding hydrogens is 471 g/mol. The zero-order valence-corrected chi connectivity index (χ0v) is 20.8. The number of nitrogens with zero attached hydrogens (tertiary/aromatic N) is 3. The number of ether oxygens (including phenoxy) is 1. The van der Waals surface area contributed by atoms with Gasteiger partial charge in [-0.1, -0.05) is 44.7 Å². The molecule has 5 rings (SSSR count). The van der Waals surface area contributed by atoms with Crippen molar-refractivity contribution in [2.24, 2.45) is 11.3 Å². The third-order valence-electron chi connectivity index (χ3n) is 6.93. The highest BCUT2D eigenvalue weighted by Gasteiger charge is 2.44. The first-order chi connectivity index (χ1) is 16.9. The molecule has 1 N–H and O–H groups in total. The second kappa shape index (κ2) is 10.7. The van der Waals surface area contributed by atoms with Crippen molar-refractivity contribution in [2.45, 2.75) is 58.8 Å². The topological polar surface area (TPSA) is 90.2 Å². The van der Waals surface area contributed by atoms with E-state index in [0.29, 0.717) is 40.3 Å². The van der Waals surface area contributed by atoms with E-state index in [1.54, 1.807) is 6.07 Å². The van der Waals surface area contributed by atoms with Crippen molar-refractivity contribution in [2.75, 3.05) is 11.9 Å². The van der Waals surface area contributed by atoms with Gasteiger partial charge in [0.15, 0.2) is 5.75 Å². The van der Waals surface area contributed by atoms with Gasteiger partial charge in [0.2, 0.25) is 0 Å². The summed E-state index contributed by atoms with van der Waals surface area (Å²) in [5.41, 5.74) is 1.37. The molecule has 3 aromatic rings. The van der Waals surface area contributed by atoms with Crippen LogP contribution >= 0.6 is 11.6 Å². The Morgan fingerprint density at radius 1 is 1.17 bits per heavy atom. The summed E-state index contributed by atoms with van der Waals surface area (Å²) in [4.78, 5) is 19.8. The standard InChI is InChI=1S/C24H24ClFN4O3.C2H6/c25-18-8-16(4-5-19(18)26)29-23-17-9-21(30(31)32)22(10-20(17)27-14-28-23)33-13-15-11-24(12-15)6-2-1-3-7-24;1-2/h4-5,8-10,14-15H,1-3,6-7,11-13H2,(H,27,28,29);1-2H3. The molecule has 0 atom stereocenters. The molecule has 9 heteroatoms. The molecule has 0 saturated heterocycles. The van der Waals surface area contributed by atoms with Gasteiger partial charge in [0, 0.05) is 17.8 Å². The SMILES string of the molecule is CC.O=[N+]([O-])c1cc2c(Nc3ccc(F)c(Cl)c3)ncnc2cc1OCC1CC2(CCCCC2)C1. The fourth-order valence-corrected chi connectivity index (χ4v) is 5.52. The van der Waals surface area contributed by atoms with Gasteiger partial charge in [-0.3, -0.25) is 10.1 Å². The Kier molecular flexibility index (Phi) is 7.69. The highest BCUT2D eigenvalue weighted by atomic mass is 35.5. The van der Waals surface area contributed by atoms with Crippen LogP contribution in [0.15, 0.2) is 36.7 Å². The van der Waals surface area contributed by atoms with Crippen LogP contribution in [0.1, 0.15) is 58.8 Å². The predicted octanol–water partition coefficient (Wildman–Crippen LogP) is 7.84. The van der Waals surface area contributed by atoms with Crippen molar-refractivity contribution in [3.8, 4) is 5.75 Å². The fraction of sp³-hybridized carbons (Fsp3) is 0.462. The summed E-state index contributed by atoms with van der Waals surface area (Å²) in [7, 11) is 0. The summed E-state index contributed by atoms with van der Waals surface area (Å²) in [6.07, 6.45) is 10.2. The number of anilines is 2. The van der Waals surface area contributed by atoms with Gasteiger partial charge in [-0.15, -0.1) is 0 Å². The molecule has 1 aromatic heterocycles. The van der Waals surface area contributed by atoms with Crippen molar-refractivity contribution in [3.63, 3.8) is 0 Å². The maximum Gasteiger partial charge on any atom is 0.311 e. The lowest BCUT2D eigenvalue weighted by Crippen LogP contribution is -2.41. The number of benzene rings is 2. The van der Waals surface area contributed by atoms with Gasteiger partial charge in [0.25, 0.3) is 0 Å². The zero-order chi connectivity index (χ0) is 25.0. The number of hydrogen-bond donors (Lipinski definition) is 1. The molecule has 0 aliphatic heterocycles. The molecule has 186 valence electrons. The van der Waals surface area contributed by atoms with Crippen LogP contribution in [0, 0.1) is 27.3 Å². The Balaban J connectivity index is 0.00000141. The first-order valence-electron chi connectivity index (χ1n) is 12.2. The zero-order valence-electron chi connectivity index (χ0n) is 20.0. The van der Waals surface area contributed by atoms with E-state index >= 15 is 0 Å². The molecule has 2 fully saturated rings. The van der Waals surface area contributed by atoms with Crippen LogP contribution in [0.25, 0.3) is 10.9 Å². The lowest BCUT2D eigenvalue weighted by Gasteiger charge is -2.50. The Morgan fingerprint density at radius 2 is 1.91 bits per heavy atom. The number of halogens is 2. The van der Waals surface area contributed by atoms with Crippen LogP contribution in [0.2, 0.25) is 5.02 Å². The third-order valence-corrected chi connectivity index (χ3v) is 7.22. The summed E-state index contributed by atoms with van der Waals surface area (Å²) in [5.74, 6) is 0.472. The quantitative estimate of drug-likeness (QED) is 0.274. The van der Waals surface area contributed by atoms with Gasteiger partial charge >= 0.3 is 5.69 Å². The average Bonchev–Trinajstić information content (AvgIpc) is 2.85. The number of rotatable bonds is 6. The largest absolute Gasteiger partial charge is 0.486 e. The Labute approximate surface area is 209 Å². The number of aromatic nitrogens is 2. The van der Waals surface area contributed by atoms with Gasteiger partial charge in [-0.05, 0) is 55.2 Å². The molecule has 7 nitrogen and oxygen atoms in total. The van der Waals surface area contributed by atoms with Crippen molar-refractivity contribution < 1.29 is 14.1 Å². The van der Waals surface area contributed by atoms with Crippen LogP contribution in [0.5, 0.6) is 5.75 Å². The first-order valence-corrected chi connectivity index (χ1v) is 12.6. The Hall–Kier alpha value is -3.00. The maximum absolute atomic E-state index is 13.5. The minimum absolute atomic E-state index is 0.0361. The smallest absolute Gasteiger partial charge is 0.311 e. The van der Waals surface area contributed by atoms with Crippen LogP contribution < -0.4 is 10.1 Å². The van der Waals surface area contributed by atoms with Crippen LogP contribution in [0.4, 0.5) is 21.6 Å². The van der Waals surface area contributed by atoms with E-state index in [4.69, 9.17) is 16.3 Å². The summed E-state index contributed by atoms with van der Waals surface area (Å²) >= 11 is 5.86. The second-order valence-electron chi connectivity index (χ2n) is 9.22. The van der Waals surface area contributed by atoms with Crippen molar-refractivity contribution in [1.82, 2.24) is 9.97 Å². The normalized spacial score (nSPS) is 16.8. The molecule has 1 heterocycles. The molecule has 0 radical (unpaired) electrons. The van der Waals surface area contributed by atoms with Gasteiger partial charge in [-0.25, -0.2) is 14.4 Å². The predicted molar refractivity (Wildman–Crippen MR) is 136 cm³/mol. The van der Waals surface area contributed by atoms with E-state index in [1.807, 2.05) is 13.8 Å². The molecule has 0 unspecified atom stereocenters. The minimum Gasteiger partial charge on any atom is -0.486 e. The molecule has 2 aliphatic rings. The number of nitro groups is 1. The molecule has 0 amide bonds. The van der Waals surface area contributed by atoms with Gasteiger partial charge in [-0.2, -0.15) is 0 Å². The average molecular weight is 501 g/mol. The molecule has 1 spiro atoms. The van der Waals surface area contributed by atoms with E-state index in [-0.39, 0.29) is 16.5 Å². The van der Waals surface area contributed by atoms with E-state index in [2.05, 4.69) is 15.3 Å². The van der Waals surface area contributed by atoms with Crippen molar-refractivity contribution >= 4 is 39.7 Å². The lowest BCUT2D eigenvalue weighted by molar-refractivity contribution is -0.385. The van der Waals surface area contributed by atoms with Crippen LogP contribution in [0.3, 0.4) is 0 Å². The monoisotopic (exact) mass is 500 g/mol. The summed E-state index contributed by atoms with van der Waals surface area (Å²) in [6.45, 7) is 4.47. The minimum atomic E-state index is -0.534. The van der Waals surface area contributed by atoms with Crippen molar-refractivity contribution in [3.05, 3.63) is 57.6 Å². The number of nitrogens with one attached hydrogen (secondary N) is 1. The summed E-state index contributed by atoms with van der Waals surface area (Å²) < 4.78 is 19.4. The molecular formula is C26H30ClFN4O3. The van der Waals surface area contributed by atoms with E-state index in [1.165, 1.54) is 62.7 Å². The van der Waals surface area contributed by atoms with E-state index in [0.717, 1.165) is 12.8 Å². The van der Waals surface area contributed by atoms with Crippen LogP contribution in [-0.2, 0) is 0 Å². The van der Waals surface area contributed by atoms with Gasteiger partial charge in [0.1, 0.15) is 18.0 Å². The number of nitro benzene ring substituents is 1. The van der Waals surface area contributed by atoms with Gasteiger partial charge < -0.3 is 10.1 Å².